The van der Waals surface area contributed by atoms with E-state index in [1.165, 1.54) is 6.08 Å². The van der Waals surface area contributed by atoms with Crippen LogP contribution < -0.4 is 5.32 Å². The quantitative estimate of drug-likeness (QED) is 0.717. The summed E-state index contributed by atoms with van der Waals surface area (Å²) < 4.78 is 0. The number of thiophene rings is 1. The molecule has 0 fully saturated rings. The van der Waals surface area contributed by atoms with Gasteiger partial charge in [0.15, 0.2) is 0 Å². The van der Waals surface area contributed by atoms with E-state index in [-0.39, 0.29) is 5.91 Å². The number of hydrogen-bond acceptors (Lipinski definition) is 3. The Morgan fingerprint density at radius 2 is 2.32 bits per heavy atom. The largest absolute Gasteiger partial charge is 0.345 e. The summed E-state index contributed by atoms with van der Waals surface area (Å²) in [6, 6.07) is 9.48. The lowest BCUT2D eigenvalue weighted by Gasteiger charge is -2.01. The van der Waals surface area contributed by atoms with E-state index in [0.29, 0.717) is 0 Å². The second-order valence-electron chi connectivity index (χ2n) is 3.97. The maximum atomic E-state index is 11.8. The number of benzene rings is 1. The lowest BCUT2D eigenvalue weighted by Crippen LogP contribution is -2.07. The molecule has 0 spiro atoms. The van der Waals surface area contributed by atoms with Crippen molar-refractivity contribution in [2.75, 3.05) is 5.32 Å². The predicted octanol–water partition coefficient (Wildman–Crippen LogP) is 3.28. The fraction of sp³-hybridized carbons (Fsp3) is 0. The van der Waals surface area contributed by atoms with E-state index >= 15 is 0 Å². The molecule has 0 atom stereocenters. The van der Waals surface area contributed by atoms with E-state index in [4.69, 9.17) is 0 Å². The Labute approximate surface area is 113 Å². The number of aromatic amines is 1. The smallest absolute Gasteiger partial charge is 0.248 e. The van der Waals surface area contributed by atoms with E-state index < -0.39 is 0 Å². The van der Waals surface area contributed by atoms with Gasteiger partial charge in [-0.2, -0.15) is 0 Å². The molecule has 2 heterocycles. The topological polar surface area (TPSA) is 57.8 Å². The van der Waals surface area contributed by atoms with Gasteiger partial charge in [-0.3, -0.25) is 4.79 Å². The molecule has 0 saturated heterocycles. The molecular formula is C14H11N3OS. The molecule has 3 aromatic rings. The maximum Gasteiger partial charge on any atom is 0.248 e. The van der Waals surface area contributed by atoms with Crippen molar-refractivity contribution in [2.45, 2.75) is 0 Å². The number of anilines is 1. The first-order chi connectivity index (χ1) is 9.31. The first kappa shape index (κ1) is 11.7. The van der Waals surface area contributed by atoms with Crippen molar-refractivity contribution in [3.05, 3.63) is 53.0 Å². The number of nitrogens with zero attached hydrogens (tertiary/aromatic N) is 1. The van der Waals surface area contributed by atoms with Gasteiger partial charge < -0.3 is 10.3 Å². The maximum absolute atomic E-state index is 11.8. The van der Waals surface area contributed by atoms with Gasteiger partial charge in [-0.25, -0.2) is 4.98 Å². The van der Waals surface area contributed by atoms with Crippen molar-refractivity contribution in [2.24, 2.45) is 0 Å². The van der Waals surface area contributed by atoms with Gasteiger partial charge in [-0.15, -0.1) is 11.3 Å². The minimum atomic E-state index is -0.146. The van der Waals surface area contributed by atoms with Gasteiger partial charge >= 0.3 is 0 Å². The average molecular weight is 269 g/mol. The molecule has 0 unspecified atom stereocenters. The summed E-state index contributed by atoms with van der Waals surface area (Å²) in [5.74, 6) is -0.146. The molecule has 0 aliphatic carbocycles. The van der Waals surface area contributed by atoms with E-state index in [9.17, 15) is 4.79 Å². The molecule has 1 aromatic carbocycles. The molecule has 3 rings (SSSR count). The van der Waals surface area contributed by atoms with E-state index in [1.807, 2.05) is 35.7 Å². The number of nitrogens with one attached hydrogen (secondary N) is 2. The van der Waals surface area contributed by atoms with E-state index in [2.05, 4.69) is 15.3 Å². The molecule has 0 bridgehead atoms. The van der Waals surface area contributed by atoms with Crippen LogP contribution in [0.15, 0.2) is 48.1 Å². The predicted molar refractivity (Wildman–Crippen MR) is 78.1 cm³/mol. The summed E-state index contributed by atoms with van der Waals surface area (Å²) in [6.45, 7) is 0. The highest BCUT2D eigenvalue weighted by atomic mass is 32.1. The van der Waals surface area contributed by atoms with Crippen LogP contribution >= 0.6 is 11.3 Å². The average Bonchev–Trinajstić information content (AvgIpc) is 3.07. The van der Waals surface area contributed by atoms with Gasteiger partial charge in [0.2, 0.25) is 5.91 Å². The second-order valence-corrected chi connectivity index (χ2v) is 4.95. The molecule has 1 amide bonds. The summed E-state index contributed by atoms with van der Waals surface area (Å²) in [4.78, 5) is 20.0. The molecule has 19 heavy (non-hydrogen) atoms. The van der Waals surface area contributed by atoms with Crippen molar-refractivity contribution in [3.63, 3.8) is 0 Å². The van der Waals surface area contributed by atoms with Gasteiger partial charge in [0, 0.05) is 16.6 Å². The molecule has 0 aliphatic rings. The Kier molecular flexibility index (Phi) is 3.12. The Bertz CT molecular complexity index is 728. The number of H-pyrrole nitrogens is 1. The van der Waals surface area contributed by atoms with Crippen LogP contribution in [0.4, 0.5) is 5.69 Å². The number of fused-ring (bicyclic) bond motifs is 1. The van der Waals surface area contributed by atoms with Gasteiger partial charge in [-0.1, -0.05) is 6.07 Å². The fourth-order valence-corrected chi connectivity index (χ4v) is 2.36. The highest BCUT2D eigenvalue weighted by Gasteiger charge is 2.01. The normalized spacial score (nSPS) is 11.2. The first-order valence-corrected chi connectivity index (χ1v) is 6.65. The zero-order chi connectivity index (χ0) is 13.1. The van der Waals surface area contributed by atoms with Crippen LogP contribution in [0.25, 0.3) is 17.1 Å². The number of rotatable bonds is 3. The second kappa shape index (κ2) is 5.07. The first-order valence-electron chi connectivity index (χ1n) is 5.77. The number of aromatic nitrogens is 2. The number of hydrogen-bond donors (Lipinski definition) is 2. The van der Waals surface area contributed by atoms with Crippen molar-refractivity contribution in [1.82, 2.24) is 9.97 Å². The Hall–Kier alpha value is -2.40. The number of imidazole rings is 1. The summed E-state index contributed by atoms with van der Waals surface area (Å²) in [7, 11) is 0. The lowest BCUT2D eigenvalue weighted by molar-refractivity contribution is -0.111. The Balaban J connectivity index is 1.71. The molecule has 2 aromatic heterocycles. The summed E-state index contributed by atoms with van der Waals surface area (Å²) >= 11 is 1.59. The fourth-order valence-electron chi connectivity index (χ4n) is 1.74. The van der Waals surface area contributed by atoms with Gasteiger partial charge in [0.25, 0.3) is 0 Å². The highest BCUT2D eigenvalue weighted by molar-refractivity contribution is 7.10. The van der Waals surface area contributed by atoms with Crippen LogP contribution in [0.3, 0.4) is 0 Å². The zero-order valence-corrected chi connectivity index (χ0v) is 10.8. The van der Waals surface area contributed by atoms with Crippen LogP contribution in [0.2, 0.25) is 0 Å². The molecule has 0 radical (unpaired) electrons. The van der Waals surface area contributed by atoms with Crippen LogP contribution in [-0.4, -0.2) is 15.9 Å². The SMILES string of the molecule is O=C(/C=C/c1cccs1)Nc1ccc2nc[nH]c2c1. The van der Waals surface area contributed by atoms with Crippen molar-refractivity contribution < 1.29 is 4.79 Å². The zero-order valence-electron chi connectivity index (χ0n) is 9.96. The van der Waals surface area contributed by atoms with Crippen molar-refractivity contribution in [3.8, 4) is 0 Å². The van der Waals surface area contributed by atoms with Crippen LogP contribution in [0, 0.1) is 0 Å². The third-order valence-electron chi connectivity index (χ3n) is 2.63. The van der Waals surface area contributed by atoms with E-state index in [0.717, 1.165) is 21.6 Å². The third kappa shape index (κ3) is 2.71. The number of amides is 1. The van der Waals surface area contributed by atoms with Gasteiger partial charge in [0.05, 0.1) is 17.4 Å². The van der Waals surface area contributed by atoms with Gasteiger partial charge in [-0.05, 0) is 35.7 Å². The van der Waals surface area contributed by atoms with Crippen LogP contribution in [0.1, 0.15) is 4.88 Å². The molecular weight excluding hydrogens is 258 g/mol. The molecule has 4 nitrogen and oxygen atoms in total. The monoisotopic (exact) mass is 269 g/mol. The van der Waals surface area contributed by atoms with Crippen LogP contribution in [0.5, 0.6) is 0 Å². The van der Waals surface area contributed by atoms with Crippen molar-refractivity contribution in [1.29, 1.82) is 0 Å². The molecule has 0 aliphatic heterocycles. The third-order valence-corrected chi connectivity index (χ3v) is 3.47. The summed E-state index contributed by atoms with van der Waals surface area (Å²) in [6.07, 6.45) is 4.96. The minimum Gasteiger partial charge on any atom is -0.345 e. The molecule has 94 valence electrons. The Morgan fingerprint density at radius 3 is 3.16 bits per heavy atom. The highest BCUT2D eigenvalue weighted by Crippen LogP contribution is 2.16. The molecule has 0 saturated carbocycles. The standard InChI is InChI=1S/C14H11N3OS/c18-14(6-4-11-2-1-7-19-11)17-10-3-5-12-13(8-10)16-9-15-12/h1-9H,(H,15,16)(H,17,18)/b6-4+. The minimum absolute atomic E-state index is 0.146. The Morgan fingerprint density at radius 1 is 1.37 bits per heavy atom. The number of carbonyl (C=O) groups is 1. The molecule has 2 N–H and O–H groups in total. The van der Waals surface area contributed by atoms with Crippen LogP contribution in [-0.2, 0) is 4.79 Å². The number of carbonyl (C=O) groups excluding carboxylic acids is 1. The summed E-state index contributed by atoms with van der Waals surface area (Å²) in [5.41, 5.74) is 2.53. The molecule has 5 heteroatoms. The summed E-state index contributed by atoms with van der Waals surface area (Å²) in [5, 5.41) is 4.79. The lowest BCUT2D eigenvalue weighted by atomic mass is 10.2. The van der Waals surface area contributed by atoms with Crippen molar-refractivity contribution >= 4 is 40.0 Å². The van der Waals surface area contributed by atoms with Gasteiger partial charge in [0.1, 0.15) is 0 Å². The van der Waals surface area contributed by atoms with E-state index in [1.54, 1.807) is 23.7 Å².